The van der Waals surface area contributed by atoms with Crippen LogP contribution >= 0.6 is 11.3 Å². The Bertz CT molecular complexity index is 1330. The van der Waals surface area contributed by atoms with Gasteiger partial charge in [-0.25, -0.2) is 0 Å². The first-order valence-electron chi connectivity index (χ1n) is 11.3. The van der Waals surface area contributed by atoms with Gasteiger partial charge in [-0.15, -0.1) is 10.2 Å². The van der Waals surface area contributed by atoms with Crippen molar-refractivity contribution >= 4 is 33.9 Å². The van der Waals surface area contributed by atoms with Gasteiger partial charge in [-0.1, -0.05) is 49.4 Å². The molecule has 0 radical (unpaired) electrons. The number of benzene rings is 2. The summed E-state index contributed by atoms with van der Waals surface area (Å²) in [5.41, 5.74) is 3.34. The highest BCUT2D eigenvalue weighted by Crippen LogP contribution is 2.43. The number of carbonyl (C=O) groups excluding carboxylic acids is 2. The molecule has 174 valence electrons. The second kappa shape index (κ2) is 8.36. The van der Waals surface area contributed by atoms with Crippen molar-refractivity contribution in [3.8, 4) is 5.75 Å². The number of Topliss-reactive ketones (excluding diaryl/α,β-unsaturated/α-hetero) is 1. The van der Waals surface area contributed by atoms with Crippen LogP contribution in [0.5, 0.6) is 5.75 Å². The summed E-state index contributed by atoms with van der Waals surface area (Å²) in [6.07, 6.45) is 0.771. The average molecular weight is 476 g/mol. The molecule has 1 amide bonds. The van der Waals surface area contributed by atoms with E-state index in [-0.39, 0.29) is 17.4 Å². The largest absolute Gasteiger partial charge is 0.507 e. The molecule has 2 aliphatic rings. The van der Waals surface area contributed by atoms with E-state index in [0.717, 1.165) is 28.9 Å². The van der Waals surface area contributed by atoms with Crippen LogP contribution in [0.2, 0.25) is 0 Å². The summed E-state index contributed by atoms with van der Waals surface area (Å²) < 4.78 is 5.76. The van der Waals surface area contributed by atoms with Gasteiger partial charge in [0, 0.05) is 12.0 Å². The Morgan fingerprint density at radius 3 is 2.53 bits per heavy atom. The van der Waals surface area contributed by atoms with Crippen LogP contribution in [0.15, 0.2) is 48.0 Å². The molecule has 2 aromatic carbocycles. The SMILES string of the molecule is Cc1nnc(N2C(=O)C(=O)/C(=C(\O)c3ccc4c(c3)CC(C)O4)C2c2ccc(C(C)C)cc2)s1. The maximum Gasteiger partial charge on any atom is 0.301 e. The van der Waals surface area contributed by atoms with E-state index in [2.05, 4.69) is 24.0 Å². The third-order valence-electron chi connectivity index (χ3n) is 6.25. The Morgan fingerprint density at radius 2 is 1.88 bits per heavy atom. The van der Waals surface area contributed by atoms with Crippen molar-refractivity contribution in [2.45, 2.75) is 52.2 Å². The van der Waals surface area contributed by atoms with Gasteiger partial charge in [0.05, 0.1) is 11.6 Å². The fourth-order valence-corrected chi connectivity index (χ4v) is 5.23. The number of anilines is 1. The predicted octanol–water partition coefficient (Wildman–Crippen LogP) is 4.92. The van der Waals surface area contributed by atoms with Gasteiger partial charge in [0.1, 0.15) is 22.6 Å². The first-order valence-corrected chi connectivity index (χ1v) is 12.1. The molecule has 2 aliphatic heterocycles. The minimum atomic E-state index is -0.808. The molecule has 0 aliphatic carbocycles. The van der Waals surface area contributed by atoms with Gasteiger partial charge < -0.3 is 9.84 Å². The van der Waals surface area contributed by atoms with Gasteiger partial charge in [0.2, 0.25) is 5.13 Å². The molecule has 34 heavy (non-hydrogen) atoms. The van der Waals surface area contributed by atoms with E-state index in [1.165, 1.54) is 16.2 Å². The number of carbonyl (C=O) groups is 2. The van der Waals surface area contributed by atoms with E-state index in [0.29, 0.717) is 21.6 Å². The molecule has 0 saturated carbocycles. The van der Waals surface area contributed by atoms with E-state index in [9.17, 15) is 14.7 Å². The summed E-state index contributed by atoms with van der Waals surface area (Å²) in [4.78, 5) is 27.8. The van der Waals surface area contributed by atoms with Crippen LogP contribution in [0.4, 0.5) is 5.13 Å². The smallest absolute Gasteiger partial charge is 0.301 e. The normalized spacial score (nSPS) is 21.3. The molecule has 1 aromatic heterocycles. The van der Waals surface area contributed by atoms with Crippen LogP contribution in [0.1, 0.15) is 60.0 Å². The molecule has 8 heteroatoms. The molecule has 7 nitrogen and oxygen atoms in total. The molecule has 5 rings (SSSR count). The number of nitrogens with zero attached hydrogens (tertiary/aromatic N) is 3. The lowest BCUT2D eigenvalue weighted by Crippen LogP contribution is -2.29. The second-order valence-electron chi connectivity index (χ2n) is 9.05. The van der Waals surface area contributed by atoms with E-state index in [1.54, 1.807) is 19.1 Å². The summed E-state index contributed by atoms with van der Waals surface area (Å²) in [6.45, 7) is 7.97. The van der Waals surface area contributed by atoms with E-state index < -0.39 is 17.7 Å². The van der Waals surface area contributed by atoms with Crippen molar-refractivity contribution in [1.29, 1.82) is 0 Å². The van der Waals surface area contributed by atoms with Crippen molar-refractivity contribution in [1.82, 2.24) is 10.2 Å². The summed E-state index contributed by atoms with van der Waals surface area (Å²) in [7, 11) is 0. The molecule has 1 N–H and O–H groups in total. The van der Waals surface area contributed by atoms with Gasteiger partial charge in [0.15, 0.2) is 0 Å². The molecular weight excluding hydrogens is 450 g/mol. The predicted molar refractivity (Wildman–Crippen MR) is 130 cm³/mol. The van der Waals surface area contributed by atoms with Crippen LogP contribution in [-0.4, -0.2) is 33.1 Å². The van der Waals surface area contributed by atoms with Gasteiger partial charge >= 0.3 is 5.91 Å². The zero-order valence-electron chi connectivity index (χ0n) is 19.4. The Kier molecular flexibility index (Phi) is 5.48. The maximum absolute atomic E-state index is 13.3. The lowest BCUT2D eigenvalue weighted by atomic mass is 9.93. The van der Waals surface area contributed by atoms with Crippen LogP contribution in [0, 0.1) is 6.92 Å². The molecular formula is C26H25N3O4S. The van der Waals surface area contributed by atoms with Gasteiger partial charge in [-0.3, -0.25) is 14.5 Å². The van der Waals surface area contributed by atoms with E-state index in [1.807, 2.05) is 37.3 Å². The van der Waals surface area contributed by atoms with Crippen LogP contribution < -0.4 is 9.64 Å². The summed E-state index contributed by atoms with van der Waals surface area (Å²) >= 11 is 1.23. The van der Waals surface area contributed by atoms with Crippen LogP contribution in [0.3, 0.4) is 0 Å². The number of ketones is 1. The van der Waals surface area contributed by atoms with Crippen molar-refractivity contribution in [2.75, 3.05) is 4.90 Å². The standard InChI is InChI=1S/C26H25N3O4S/c1-13(2)16-5-7-17(8-6-16)22-21(24(31)25(32)29(22)26-28-27-15(4)34-26)23(30)18-9-10-20-19(12-18)11-14(3)33-20/h5-10,12-14,22,30H,11H2,1-4H3/b23-21-. The minimum absolute atomic E-state index is 0.0436. The lowest BCUT2D eigenvalue weighted by Gasteiger charge is -2.23. The molecule has 2 unspecified atom stereocenters. The van der Waals surface area contributed by atoms with Gasteiger partial charge in [0.25, 0.3) is 5.78 Å². The number of fused-ring (bicyclic) bond motifs is 1. The third-order valence-corrected chi connectivity index (χ3v) is 7.09. The Balaban J connectivity index is 1.67. The molecule has 1 fully saturated rings. The monoisotopic (exact) mass is 475 g/mol. The number of aliphatic hydroxyl groups excluding tert-OH is 1. The fraction of sp³-hybridized carbons (Fsp3) is 0.308. The van der Waals surface area contributed by atoms with Crippen LogP contribution in [0.25, 0.3) is 5.76 Å². The number of rotatable bonds is 4. The van der Waals surface area contributed by atoms with Crippen molar-refractivity contribution in [3.63, 3.8) is 0 Å². The highest BCUT2D eigenvalue weighted by Gasteiger charge is 2.48. The summed E-state index contributed by atoms with van der Waals surface area (Å²) in [5.74, 6) is -0.568. The molecule has 2 atom stereocenters. The Morgan fingerprint density at radius 1 is 1.15 bits per heavy atom. The summed E-state index contributed by atoms with van der Waals surface area (Å²) in [5, 5.41) is 20.5. The first-order chi connectivity index (χ1) is 16.2. The number of aromatic nitrogens is 2. The number of amides is 1. The van der Waals surface area contributed by atoms with E-state index in [4.69, 9.17) is 4.74 Å². The highest BCUT2D eigenvalue weighted by atomic mass is 32.1. The van der Waals surface area contributed by atoms with Crippen molar-refractivity contribution < 1.29 is 19.4 Å². The van der Waals surface area contributed by atoms with E-state index >= 15 is 0 Å². The third kappa shape index (κ3) is 3.68. The average Bonchev–Trinajstić information content (AvgIpc) is 3.48. The number of hydrogen-bond donors (Lipinski definition) is 1. The Labute approximate surface area is 201 Å². The zero-order chi connectivity index (χ0) is 24.1. The van der Waals surface area contributed by atoms with Crippen molar-refractivity contribution in [2.24, 2.45) is 0 Å². The van der Waals surface area contributed by atoms with Crippen molar-refractivity contribution in [3.05, 3.63) is 75.3 Å². The number of aliphatic hydroxyl groups is 1. The van der Waals surface area contributed by atoms with Gasteiger partial charge in [-0.2, -0.15) is 0 Å². The summed E-state index contributed by atoms with van der Waals surface area (Å²) in [6, 6.07) is 12.3. The number of ether oxygens (including phenoxy) is 1. The molecule has 0 bridgehead atoms. The number of hydrogen-bond acceptors (Lipinski definition) is 7. The number of aryl methyl sites for hydroxylation is 1. The molecule has 0 spiro atoms. The second-order valence-corrected chi connectivity index (χ2v) is 10.2. The van der Waals surface area contributed by atoms with Gasteiger partial charge in [-0.05, 0) is 54.7 Å². The lowest BCUT2D eigenvalue weighted by molar-refractivity contribution is -0.132. The maximum atomic E-state index is 13.3. The van der Waals surface area contributed by atoms with Crippen LogP contribution in [-0.2, 0) is 16.0 Å². The quantitative estimate of drug-likeness (QED) is 0.327. The first kappa shape index (κ1) is 22.3. The zero-order valence-corrected chi connectivity index (χ0v) is 20.2. The molecule has 3 heterocycles. The fourth-order valence-electron chi connectivity index (χ4n) is 4.52. The topological polar surface area (TPSA) is 92.6 Å². The molecule has 3 aromatic rings. The molecule has 1 saturated heterocycles. The highest BCUT2D eigenvalue weighted by molar-refractivity contribution is 7.15. The Hall–Kier alpha value is -3.52. The minimum Gasteiger partial charge on any atom is -0.507 e.